The summed E-state index contributed by atoms with van der Waals surface area (Å²) in [5.74, 6) is -0.604. The van der Waals surface area contributed by atoms with E-state index < -0.39 is 23.2 Å². The number of aromatic amines is 1. The van der Waals surface area contributed by atoms with Crippen LogP contribution in [0.2, 0.25) is 0 Å². The van der Waals surface area contributed by atoms with Crippen LogP contribution in [-0.4, -0.2) is 33.8 Å². The summed E-state index contributed by atoms with van der Waals surface area (Å²) >= 11 is 0. The first-order chi connectivity index (χ1) is 17.3. The molecule has 1 amide bonds. The lowest BCUT2D eigenvalue weighted by Gasteiger charge is -2.27. The summed E-state index contributed by atoms with van der Waals surface area (Å²) in [6.45, 7) is 3.74. The predicted molar refractivity (Wildman–Crippen MR) is 141 cm³/mol. The zero-order valence-electron chi connectivity index (χ0n) is 20.7. The Hall–Kier alpha value is -4.14. The van der Waals surface area contributed by atoms with Gasteiger partial charge in [-0.05, 0) is 30.9 Å². The molecular formula is C27H33N5O4. The van der Waals surface area contributed by atoms with Crippen LogP contribution >= 0.6 is 0 Å². The molecule has 0 radical (unpaired) electrons. The van der Waals surface area contributed by atoms with Crippen LogP contribution in [0.3, 0.4) is 0 Å². The molecule has 0 fully saturated rings. The minimum Gasteiger partial charge on any atom is -0.383 e. The molecule has 0 aliphatic rings. The van der Waals surface area contributed by atoms with Crippen molar-refractivity contribution in [1.82, 2.24) is 14.9 Å². The maximum absolute atomic E-state index is 13.1. The summed E-state index contributed by atoms with van der Waals surface area (Å²) in [5, 5.41) is 2.80. The van der Waals surface area contributed by atoms with Crippen LogP contribution in [-0.2, 0) is 29.1 Å². The van der Waals surface area contributed by atoms with E-state index in [4.69, 9.17) is 5.73 Å². The van der Waals surface area contributed by atoms with Crippen molar-refractivity contribution < 1.29 is 9.59 Å². The van der Waals surface area contributed by atoms with E-state index in [0.717, 1.165) is 17.5 Å². The molecule has 190 valence electrons. The minimum atomic E-state index is -0.715. The number of carbonyl (C=O) groups excluding carboxylic acids is 2. The fourth-order valence-electron chi connectivity index (χ4n) is 4.00. The quantitative estimate of drug-likeness (QED) is 0.356. The second-order valence-corrected chi connectivity index (χ2v) is 8.76. The number of unbranched alkanes of at least 4 members (excludes halogenated alkanes) is 1. The van der Waals surface area contributed by atoms with Crippen molar-refractivity contribution in [3.05, 3.63) is 92.6 Å². The smallest absolute Gasteiger partial charge is 0.330 e. The predicted octanol–water partition coefficient (Wildman–Crippen LogP) is 2.24. The molecule has 1 atom stereocenters. The number of benzene rings is 2. The van der Waals surface area contributed by atoms with Crippen LogP contribution in [0.4, 0.5) is 11.5 Å². The van der Waals surface area contributed by atoms with Crippen molar-refractivity contribution in [2.75, 3.05) is 17.2 Å². The molecule has 9 heteroatoms. The number of hydrogen-bond donors (Lipinski definition) is 3. The minimum absolute atomic E-state index is 0.00772. The normalized spacial score (nSPS) is 11.6. The van der Waals surface area contributed by atoms with E-state index >= 15 is 0 Å². The molecule has 0 aliphatic heterocycles. The number of nitrogens with two attached hydrogens (primary N) is 1. The maximum atomic E-state index is 13.1. The van der Waals surface area contributed by atoms with Crippen molar-refractivity contribution >= 4 is 23.2 Å². The number of amides is 1. The topological polar surface area (TPSA) is 130 Å². The third-order valence-corrected chi connectivity index (χ3v) is 5.92. The Morgan fingerprint density at radius 3 is 2.22 bits per heavy atom. The van der Waals surface area contributed by atoms with Crippen molar-refractivity contribution in [2.45, 2.75) is 52.2 Å². The van der Waals surface area contributed by atoms with E-state index in [1.54, 1.807) is 4.90 Å². The SMILES string of the molecule is CCCCn1c(N)c(N(CC(=O)NC(Cc2ccccc2)C(C)=O)Cc2ccccc2)c(=O)[nH]c1=O. The molecular weight excluding hydrogens is 458 g/mol. The number of nitrogens with one attached hydrogen (secondary N) is 2. The van der Waals surface area contributed by atoms with Gasteiger partial charge in [0.25, 0.3) is 5.56 Å². The van der Waals surface area contributed by atoms with Gasteiger partial charge in [0.05, 0.1) is 12.6 Å². The lowest BCUT2D eigenvalue weighted by atomic mass is 10.0. The Morgan fingerprint density at radius 2 is 1.64 bits per heavy atom. The van der Waals surface area contributed by atoms with E-state index in [0.29, 0.717) is 19.4 Å². The monoisotopic (exact) mass is 491 g/mol. The zero-order chi connectivity index (χ0) is 26.1. The van der Waals surface area contributed by atoms with Gasteiger partial charge >= 0.3 is 5.69 Å². The number of Topliss-reactive ketones (excluding diaryl/α,β-unsaturated/α-hetero) is 1. The second-order valence-electron chi connectivity index (χ2n) is 8.76. The number of aromatic nitrogens is 2. The molecule has 0 spiro atoms. The number of hydrogen-bond acceptors (Lipinski definition) is 6. The Kier molecular flexibility index (Phi) is 9.21. The molecule has 1 heterocycles. The molecule has 36 heavy (non-hydrogen) atoms. The van der Waals surface area contributed by atoms with E-state index in [1.807, 2.05) is 67.6 Å². The molecule has 9 nitrogen and oxygen atoms in total. The highest BCUT2D eigenvalue weighted by Crippen LogP contribution is 2.20. The first-order valence-electron chi connectivity index (χ1n) is 12.0. The highest BCUT2D eigenvalue weighted by Gasteiger charge is 2.24. The Balaban J connectivity index is 1.91. The lowest BCUT2D eigenvalue weighted by Crippen LogP contribution is -2.47. The van der Waals surface area contributed by atoms with Crippen LogP contribution in [0, 0.1) is 0 Å². The summed E-state index contributed by atoms with van der Waals surface area (Å²) in [6.07, 6.45) is 1.89. The summed E-state index contributed by atoms with van der Waals surface area (Å²) in [5.41, 5.74) is 6.89. The third kappa shape index (κ3) is 6.94. The number of ketones is 1. The molecule has 1 aromatic heterocycles. The van der Waals surface area contributed by atoms with Gasteiger partial charge in [0.1, 0.15) is 11.5 Å². The van der Waals surface area contributed by atoms with E-state index in [-0.39, 0.29) is 30.4 Å². The summed E-state index contributed by atoms with van der Waals surface area (Å²) < 4.78 is 1.32. The number of anilines is 2. The van der Waals surface area contributed by atoms with Gasteiger partial charge in [-0.3, -0.25) is 23.9 Å². The van der Waals surface area contributed by atoms with Crippen LogP contribution in [0.1, 0.15) is 37.8 Å². The van der Waals surface area contributed by atoms with Gasteiger partial charge in [-0.1, -0.05) is 74.0 Å². The number of nitrogens with zero attached hydrogens (tertiary/aromatic N) is 2. The number of carbonyl (C=O) groups is 2. The molecule has 3 rings (SSSR count). The van der Waals surface area contributed by atoms with Gasteiger partial charge in [0.15, 0.2) is 5.78 Å². The average molecular weight is 492 g/mol. The highest BCUT2D eigenvalue weighted by molar-refractivity contribution is 5.89. The van der Waals surface area contributed by atoms with E-state index in [1.165, 1.54) is 11.5 Å². The highest BCUT2D eigenvalue weighted by atomic mass is 16.2. The summed E-state index contributed by atoms with van der Waals surface area (Å²) in [4.78, 5) is 54.6. The van der Waals surface area contributed by atoms with E-state index in [2.05, 4.69) is 10.3 Å². The van der Waals surface area contributed by atoms with E-state index in [9.17, 15) is 19.2 Å². The first-order valence-corrected chi connectivity index (χ1v) is 12.0. The van der Waals surface area contributed by atoms with Gasteiger partial charge in [0.2, 0.25) is 5.91 Å². The summed E-state index contributed by atoms with van der Waals surface area (Å²) in [7, 11) is 0. The standard InChI is InChI=1S/C27H33N5O4/c1-3-4-15-32-25(28)24(26(35)30-27(32)36)31(17-21-13-9-6-10-14-21)18-23(34)29-22(19(2)33)16-20-11-7-5-8-12-20/h5-14,22H,3-4,15-18,28H2,1-2H3,(H,29,34)(H,30,35,36). The molecule has 4 N–H and O–H groups in total. The lowest BCUT2D eigenvalue weighted by molar-refractivity contribution is -0.126. The van der Waals surface area contributed by atoms with Crippen molar-refractivity contribution in [3.63, 3.8) is 0 Å². The molecule has 0 bridgehead atoms. The average Bonchev–Trinajstić information content (AvgIpc) is 2.84. The van der Waals surface area contributed by atoms with Gasteiger partial charge in [-0.25, -0.2) is 4.79 Å². The Labute approximate surface area is 210 Å². The molecule has 3 aromatic rings. The zero-order valence-corrected chi connectivity index (χ0v) is 20.7. The first kappa shape index (κ1) is 26.5. The molecule has 0 saturated heterocycles. The largest absolute Gasteiger partial charge is 0.383 e. The van der Waals surface area contributed by atoms with Gasteiger partial charge in [0, 0.05) is 13.1 Å². The maximum Gasteiger partial charge on any atom is 0.330 e. The molecule has 0 saturated carbocycles. The van der Waals surface area contributed by atoms with Crippen LogP contribution < -0.4 is 27.2 Å². The summed E-state index contributed by atoms with van der Waals surface area (Å²) in [6, 6.07) is 18.0. The molecule has 0 aliphatic carbocycles. The van der Waals surface area contributed by atoms with Crippen LogP contribution in [0.25, 0.3) is 0 Å². The third-order valence-electron chi connectivity index (χ3n) is 5.92. The number of H-pyrrole nitrogens is 1. The van der Waals surface area contributed by atoms with Crippen molar-refractivity contribution in [1.29, 1.82) is 0 Å². The Bertz CT molecular complexity index is 1290. The molecule has 1 unspecified atom stereocenters. The fraction of sp³-hybridized carbons (Fsp3) is 0.333. The number of rotatable bonds is 12. The number of nitrogen functional groups attached to an aromatic ring is 1. The van der Waals surface area contributed by atoms with Crippen LogP contribution in [0.5, 0.6) is 0 Å². The van der Waals surface area contributed by atoms with Crippen molar-refractivity contribution in [2.24, 2.45) is 0 Å². The van der Waals surface area contributed by atoms with Crippen LogP contribution in [0.15, 0.2) is 70.3 Å². The Morgan fingerprint density at radius 1 is 1.03 bits per heavy atom. The fourth-order valence-corrected chi connectivity index (χ4v) is 4.00. The molecule has 2 aromatic carbocycles. The second kappa shape index (κ2) is 12.5. The van der Waals surface area contributed by atoms with Crippen molar-refractivity contribution in [3.8, 4) is 0 Å². The van der Waals surface area contributed by atoms with Gasteiger partial charge in [-0.15, -0.1) is 0 Å². The van der Waals surface area contributed by atoms with Gasteiger partial charge < -0.3 is 16.0 Å². The van der Waals surface area contributed by atoms with Gasteiger partial charge in [-0.2, -0.15) is 0 Å².